The lowest BCUT2D eigenvalue weighted by atomic mass is 10.1. The summed E-state index contributed by atoms with van der Waals surface area (Å²) in [5, 5.41) is 14.9. The molecule has 0 radical (unpaired) electrons. The normalized spacial score (nSPS) is 10.9. The van der Waals surface area contributed by atoms with Crippen LogP contribution in [0, 0.1) is 6.92 Å². The van der Waals surface area contributed by atoms with Gasteiger partial charge in [-0.05, 0) is 18.6 Å². The molecule has 6 nitrogen and oxygen atoms in total. The molecular weight excluding hydrogens is 314 g/mol. The van der Waals surface area contributed by atoms with E-state index < -0.39 is 0 Å². The Morgan fingerprint density at radius 3 is 2.96 bits per heavy atom. The highest BCUT2D eigenvalue weighted by molar-refractivity contribution is 6.10. The zero-order valence-electron chi connectivity index (χ0n) is 13.7. The quantitative estimate of drug-likeness (QED) is 0.602. The number of hydrogen-bond acceptors (Lipinski definition) is 3. The van der Waals surface area contributed by atoms with Gasteiger partial charge in [0.05, 0.1) is 23.9 Å². The molecule has 6 heteroatoms. The van der Waals surface area contributed by atoms with Crippen LogP contribution >= 0.6 is 0 Å². The van der Waals surface area contributed by atoms with E-state index in [9.17, 15) is 4.79 Å². The molecule has 0 bridgehead atoms. The molecule has 25 heavy (non-hydrogen) atoms. The van der Waals surface area contributed by atoms with Gasteiger partial charge in [0, 0.05) is 11.6 Å². The summed E-state index contributed by atoms with van der Waals surface area (Å²) >= 11 is 0. The molecule has 0 fully saturated rings. The molecule has 0 aliphatic carbocycles. The third-order valence-corrected chi connectivity index (χ3v) is 4.00. The third-order valence-electron chi connectivity index (χ3n) is 4.00. The molecular formula is C19H17N5O. The number of carbonyl (C=O) groups is 1. The lowest BCUT2D eigenvalue weighted by molar-refractivity contribution is 0.102. The molecule has 1 amide bonds. The Kier molecular flexibility index (Phi) is 3.78. The Bertz CT molecular complexity index is 1050. The SMILES string of the molecule is Cc1cccc(Cn2cc(NC(=O)c3n[nH]c4ccccc34)cn2)c1. The molecule has 4 rings (SSSR count). The van der Waals surface area contributed by atoms with Gasteiger partial charge in [-0.2, -0.15) is 10.2 Å². The van der Waals surface area contributed by atoms with Crippen molar-refractivity contribution in [2.24, 2.45) is 0 Å². The fraction of sp³-hybridized carbons (Fsp3) is 0.105. The summed E-state index contributed by atoms with van der Waals surface area (Å²) in [5.74, 6) is -0.257. The van der Waals surface area contributed by atoms with Gasteiger partial charge in [0.25, 0.3) is 5.91 Å². The number of H-pyrrole nitrogens is 1. The molecule has 124 valence electrons. The molecule has 0 unspecified atom stereocenters. The fourth-order valence-electron chi connectivity index (χ4n) is 2.84. The van der Waals surface area contributed by atoms with Crippen LogP contribution in [0.2, 0.25) is 0 Å². The van der Waals surface area contributed by atoms with Crippen LogP contribution in [0.5, 0.6) is 0 Å². The number of para-hydroxylation sites is 1. The monoisotopic (exact) mass is 331 g/mol. The first-order valence-electron chi connectivity index (χ1n) is 8.01. The van der Waals surface area contributed by atoms with Gasteiger partial charge in [-0.15, -0.1) is 0 Å². The number of aromatic nitrogens is 4. The van der Waals surface area contributed by atoms with Crippen LogP contribution in [0.25, 0.3) is 10.9 Å². The number of aryl methyl sites for hydroxylation is 1. The maximum atomic E-state index is 12.5. The van der Waals surface area contributed by atoms with Crippen molar-refractivity contribution in [2.45, 2.75) is 13.5 Å². The summed E-state index contributed by atoms with van der Waals surface area (Å²) in [5.41, 5.74) is 4.23. The molecule has 2 aromatic heterocycles. The highest BCUT2D eigenvalue weighted by Gasteiger charge is 2.14. The van der Waals surface area contributed by atoms with Gasteiger partial charge in [-0.25, -0.2) is 0 Å². The molecule has 2 N–H and O–H groups in total. The summed E-state index contributed by atoms with van der Waals surface area (Å²) in [7, 11) is 0. The third kappa shape index (κ3) is 3.14. The summed E-state index contributed by atoms with van der Waals surface area (Å²) in [6.07, 6.45) is 3.46. The van der Waals surface area contributed by atoms with Gasteiger partial charge in [-0.1, -0.05) is 48.0 Å². The first kappa shape index (κ1) is 15.1. The van der Waals surface area contributed by atoms with E-state index in [1.54, 1.807) is 10.9 Å². The second-order valence-corrected chi connectivity index (χ2v) is 5.99. The number of anilines is 1. The summed E-state index contributed by atoms with van der Waals surface area (Å²) in [4.78, 5) is 12.5. The van der Waals surface area contributed by atoms with Crippen LogP contribution in [0.15, 0.2) is 60.9 Å². The van der Waals surface area contributed by atoms with E-state index in [2.05, 4.69) is 45.7 Å². The Balaban J connectivity index is 1.50. The average Bonchev–Trinajstić information content (AvgIpc) is 3.21. The van der Waals surface area contributed by atoms with Crippen LogP contribution in [-0.2, 0) is 6.54 Å². The number of fused-ring (bicyclic) bond motifs is 1. The second kappa shape index (κ2) is 6.24. The van der Waals surface area contributed by atoms with Crippen molar-refractivity contribution in [1.82, 2.24) is 20.0 Å². The number of benzene rings is 2. The Morgan fingerprint density at radius 2 is 2.08 bits per heavy atom. The minimum atomic E-state index is -0.257. The summed E-state index contributed by atoms with van der Waals surface area (Å²) in [6.45, 7) is 2.72. The predicted molar refractivity (Wildman–Crippen MR) is 96.6 cm³/mol. The van der Waals surface area contributed by atoms with E-state index in [1.807, 2.05) is 36.5 Å². The number of aromatic amines is 1. The van der Waals surface area contributed by atoms with Crippen molar-refractivity contribution >= 4 is 22.5 Å². The van der Waals surface area contributed by atoms with E-state index in [-0.39, 0.29) is 5.91 Å². The van der Waals surface area contributed by atoms with Gasteiger partial charge in [-0.3, -0.25) is 14.6 Å². The van der Waals surface area contributed by atoms with Crippen LogP contribution in [0.3, 0.4) is 0 Å². The molecule has 0 saturated carbocycles. The molecule has 0 aliphatic rings. The van der Waals surface area contributed by atoms with Crippen LogP contribution in [-0.4, -0.2) is 25.9 Å². The van der Waals surface area contributed by atoms with E-state index in [0.717, 1.165) is 10.9 Å². The number of amides is 1. The Hall–Kier alpha value is -3.41. The van der Waals surface area contributed by atoms with Gasteiger partial charge < -0.3 is 5.32 Å². The van der Waals surface area contributed by atoms with Crippen LogP contribution in [0.1, 0.15) is 21.6 Å². The van der Waals surface area contributed by atoms with E-state index in [0.29, 0.717) is 17.9 Å². The van der Waals surface area contributed by atoms with Gasteiger partial charge in [0.2, 0.25) is 0 Å². The van der Waals surface area contributed by atoms with Gasteiger partial charge >= 0.3 is 0 Å². The first-order valence-corrected chi connectivity index (χ1v) is 8.01. The molecule has 2 heterocycles. The van der Waals surface area contributed by atoms with Gasteiger partial charge in [0.1, 0.15) is 0 Å². The maximum absolute atomic E-state index is 12.5. The number of nitrogens with zero attached hydrogens (tertiary/aromatic N) is 3. The summed E-state index contributed by atoms with van der Waals surface area (Å²) < 4.78 is 1.80. The lowest BCUT2D eigenvalue weighted by Crippen LogP contribution is -2.12. The number of hydrogen-bond donors (Lipinski definition) is 2. The Labute approximate surface area is 144 Å². The largest absolute Gasteiger partial charge is 0.318 e. The van der Waals surface area contributed by atoms with Crippen molar-refractivity contribution in [3.05, 3.63) is 77.7 Å². The van der Waals surface area contributed by atoms with Crippen molar-refractivity contribution < 1.29 is 4.79 Å². The maximum Gasteiger partial charge on any atom is 0.276 e. The van der Waals surface area contributed by atoms with Crippen molar-refractivity contribution in [2.75, 3.05) is 5.32 Å². The molecule has 0 saturated heterocycles. The van der Waals surface area contributed by atoms with Crippen molar-refractivity contribution in [3.8, 4) is 0 Å². The highest BCUT2D eigenvalue weighted by atomic mass is 16.2. The average molecular weight is 331 g/mol. The van der Waals surface area contributed by atoms with E-state index >= 15 is 0 Å². The first-order chi connectivity index (χ1) is 12.2. The van der Waals surface area contributed by atoms with Crippen molar-refractivity contribution in [3.63, 3.8) is 0 Å². The zero-order valence-corrected chi connectivity index (χ0v) is 13.7. The fourth-order valence-corrected chi connectivity index (χ4v) is 2.84. The van der Waals surface area contributed by atoms with Crippen molar-refractivity contribution in [1.29, 1.82) is 0 Å². The highest BCUT2D eigenvalue weighted by Crippen LogP contribution is 2.17. The van der Waals surface area contributed by atoms with Gasteiger partial charge in [0.15, 0.2) is 5.69 Å². The second-order valence-electron chi connectivity index (χ2n) is 5.99. The molecule has 2 aromatic carbocycles. The minimum absolute atomic E-state index is 0.257. The lowest BCUT2D eigenvalue weighted by Gasteiger charge is -2.03. The topological polar surface area (TPSA) is 75.6 Å². The number of rotatable bonds is 4. The minimum Gasteiger partial charge on any atom is -0.318 e. The van der Waals surface area contributed by atoms with E-state index in [1.165, 1.54) is 11.1 Å². The molecule has 4 aromatic rings. The number of nitrogens with one attached hydrogen (secondary N) is 2. The summed E-state index contributed by atoms with van der Waals surface area (Å²) in [6, 6.07) is 15.8. The number of carbonyl (C=O) groups excluding carboxylic acids is 1. The molecule has 0 atom stereocenters. The predicted octanol–water partition coefficient (Wildman–Crippen LogP) is 3.37. The van der Waals surface area contributed by atoms with E-state index in [4.69, 9.17) is 0 Å². The molecule has 0 aliphatic heterocycles. The molecule has 0 spiro atoms. The smallest absolute Gasteiger partial charge is 0.276 e. The zero-order chi connectivity index (χ0) is 17.2. The Morgan fingerprint density at radius 1 is 1.20 bits per heavy atom. The van der Waals surface area contributed by atoms with Crippen LogP contribution in [0.4, 0.5) is 5.69 Å². The van der Waals surface area contributed by atoms with Crippen LogP contribution < -0.4 is 5.32 Å². The standard InChI is InChI=1S/C19H17N5O/c1-13-5-4-6-14(9-13)11-24-12-15(10-20-24)21-19(25)18-16-7-2-3-8-17(16)22-23-18/h2-10,12H,11H2,1H3,(H,21,25)(H,22,23).